The highest BCUT2D eigenvalue weighted by Crippen LogP contribution is 2.36. The van der Waals surface area contributed by atoms with Crippen molar-refractivity contribution in [2.75, 3.05) is 11.9 Å². The molecule has 2 heterocycles. The minimum Gasteiger partial charge on any atom is -0.370 e. The molecule has 1 N–H and O–H groups in total. The molecule has 114 valence electrons. The van der Waals surface area contributed by atoms with E-state index in [1.165, 1.54) is 0 Å². The van der Waals surface area contributed by atoms with E-state index >= 15 is 0 Å². The highest BCUT2D eigenvalue weighted by molar-refractivity contribution is 6.31. The molecule has 3 rings (SSSR count). The lowest BCUT2D eigenvalue weighted by atomic mass is 10.0. The SMILES string of the molecule is C#CCCC1(CCNc2cc(C#N)c3cc(Cl)ccc3n2)N=N1. The number of hydrogen-bond acceptors (Lipinski definition) is 5. The third-order valence-electron chi connectivity index (χ3n) is 3.78. The predicted molar refractivity (Wildman–Crippen MR) is 90.2 cm³/mol. The Kier molecular flexibility index (Phi) is 4.14. The fourth-order valence-electron chi connectivity index (χ4n) is 2.44. The van der Waals surface area contributed by atoms with Gasteiger partial charge in [0.2, 0.25) is 0 Å². The van der Waals surface area contributed by atoms with Crippen molar-refractivity contribution in [3.8, 4) is 18.4 Å². The standard InChI is InChI=1S/C17H14ClN5/c1-2-3-6-17(22-23-17)7-8-20-16-9-12(11-19)14-10-13(18)4-5-15(14)21-16/h1,4-5,9-10H,3,6-8H2,(H,20,21). The van der Waals surface area contributed by atoms with Gasteiger partial charge in [0.1, 0.15) is 5.82 Å². The number of benzene rings is 1. The molecule has 5 nitrogen and oxygen atoms in total. The van der Waals surface area contributed by atoms with Crippen LogP contribution in [0.3, 0.4) is 0 Å². The Labute approximate surface area is 139 Å². The first-order valence-electron chi connectivity index (χ1n) is 7.28. The number of hydrogen-bond donors (Lipinski definition) is 1. The van der Waals surface area contributed by atoms with Crippen LogP contribution in [-0.2, 0) is 0 Å². The largest absolute Gasteiger partial charge is 0.370 e. The first-order valence-corrected chi connectivity index (χ1v) is 7.65. The van der Waals surface area contributed by atoms with Crippen LogP contribution in [-0.4, -0.2) is 17.2 Å². The van der Waals surface area contributed by atoms with Crippen LogP contribution in [0, 0.1) is 23.7 Å². The van der Waals surface area contributed by atoms with Crippen LogP contribution in [0.4, 0.5) is 5.82 Å². The van der Waals surface area contributed by atoms with Gasteiger partial charge in [-0.2, -0.15) is 15.5 Å². The van der Waals surface area contributed by atoms with Crippen LogP contribution < -0.4 is 5.32 Å². The quantitative estimate of drug-likeness (QED) is 0.812. The molecular formula is C17H14ClN5. The van der Waals surface area contributed by atoms with Crippen LogP contribution in [0.1, 0.15) is 24.8 Å². The monoisotopic (exact) mass is 323 g/mol. The Bertz CT molecular complexity index is 854. The second-order valence-electron chi connectivity index (χ2n) is 5.39. The van der Waals surface area contributed by atoms with E-state index in [4.69, 9.17) is 18.0 Å². The van der Waals surface area contributed by atoms with E-state index in [0.717, 1.165) is 23.7 Å². The number of nitrogens with zero attached hydrogens (tertiary/aromatic N) is 4. The van der Waals surface area contributed by atoms with Gasteiger partial charge < -0.3 is 5.32 Å². The Morgan fingerprint density at radius 3 is 2.78 bits per heavy atom. The minimum atomic E-state index is -0.318. The van der Waals surface area contributed by atoms with Gasteiger partial charge in [-0.1, -0.05) is 11.6 Å². The molecule has 1 aromatic heterocycles. The average Bonchev–Trinajstić information content (AvgIpc) is 3.32. The lowest BCUT2D eigenvalue weighted by molar-refractivity contribution is 0.528. The highest BCUT2D eigenvalue weighted by atomic mass is 35.5. The summed E-state index contributed by atoms with van der Waals surface area (Å²) in [5.74, 6) is 3.27. The number of terminal acetylenes is 1. The number of rotatable bonds is 6. The van der Waals surface area contributed by atoms with Crippen LogP contribution in [0.25, 0.3) is 10.9 Å². The van der Waals surface area contributed by atoms with Crippen LogP contribution in [0.2, 0.25) is 5.02 Å². The normalized spacial score (nSPS) is 14.2. The summed E-state index contributed by atoms with van der Waals surface area (Å²) in [6.07, 6.45) is 7.48. The summed E-state index contributed by atoms with van der Waals surface area (Å²) in [6, 6.07) is 9.24. The third-order valence-corrected chi connectivity index (χ3v) is 4.01. The summed E-state index contributed by atoms with van der Waals surface area (Å²) in [7, 11) is 0. The van der Waals surface area contributed by atoms with Gasteiger partial charge in [0.05, 0.1) is 17.1 Å². The van der Waals surface area contributed by atoms with Gasteiger partial charge in [-0.15, -0.1) is 12.3 Å². The van der Waals surface area contributed by atoms with Gasteiger partial charge in [-0.3, -0.25) is 0 Å². The molecule has 0 saturated carbocycles. The minimum absolute atomic E-state index is 0.318. The van der Waals surface area contributed by atoms with Gasteiger partial charge in [0.15, 0.2) is 5.66 Å². The molecule has 6 heteroatoms. The fourth-order valence-corrected chi connectivity index (χ4v) is 2.61. The van der Waals surface area contributed by atoms with E-state index in [2.05, 4.69) is 32.5 Å². The molecule has 0 aliphatic carbocycles. The van der Waals surface area contributed by atoms with E-state index in [1.807, 2.05) is 6.07 Å². The lowest BCUT2D eigenvalue weighted by Crippen LogP contribution is -2.17. The van der Waals surface area contributed by atoms with Gasteiger partial charge in [0.25, 0.3) is 0 Å². The first kappa shape index (κ1) is 15.3. The summed E-state index contributed by atoms with van der Waals surface area (Å²) in [5, 5.41) is 22.1. The van der Waals surface area contributed by atoms with Crippen LogP contribution in [0.5, 0.6) is 0 Å². The number of aromatic nitrogens is 1. The third kappa shape index (κ3) is 3.41. The number of nitriles is 1. The summed E-state index contributed by atoms with van der Waals surface area (Å²) in [4.78, 5) is 4.51. The van der Waals surface area contributed by atoms with Crippen LogP contribution in [0.15, 0.2) is 34.5 Å². The van der Waals surface area contributed by atoms with Gasteiger partial charge in [-0.05, 0) is 24.3 Å². The number of pyridine rings is 1. The van der Waals surface area contributed by atoms with Crippen LogP contribution >= 0.6 is 11.6 Å². The average molecular weight is 324 g/mol. The molecule has 0 fully saturated rings. The lowest BCUT2D eigenvalue weighted by Gasteiger charge is -2.11. The Morgan fingerprint density at radius 2 is 2.09 bits per heavy atom. The number of halogens is 1. The van der Waals surface area contributed by atoms with E-state index in [0.29, 0.717) is 29.4 Å². The maximum absolute atomic E-state index is 9.32. The van der Waals surface area contributed by atoms with Crippen molar-refractivity contribution >= 4 is 28.3 Å². The van der Waals surface area contributed by atoms with Crippen molar-refractivity contribution in [3.05, 3.63) is 34.9 Å². The van der Waals surface area contributed by atoms with Crippen molar-refractivity contribution in [2.45, 2.75) is 24.9 Å². The molecule has 23 heavy (non-hydrogen) atoms. The zero-order chi connectivity index (χ0) is 16.3. The smallest absolute Gasteiger partial charge is 0.193 e. The molecular weight excluding hydrogens is 310 g/mol. The van der Waals surface area contributed by atoms with E-state index in [1.54, 1.807) is 18.2 Å². The molecule has 0 amide bonds. The number of nitrogens with one attached hydrogen (secondary N) is 1. The van der Waals surface area contributed by atoms with Crippen molar-refractivity contribution in [1.82, 2.24) is 4.98 Å². The molecule has 0 unspecified atom stereocenters. The summed E-state index contributed by atoms with van der Waals surface area (Å²) < 4.78 is 0. The summed E-state index contributed by atoms with van der Waals surface area (Å²) >= 11 is 5.98. The van der Waals surface area contributed by atoms with Crippen molar-refractivity contribution in [1.29, 1.82) is 5.26 Å². The second-order valence-corrected chi connectivity index (χ2v) is 5.83. The topological polar surface area (TPSA) is 73.4 Å². The van der Waals surface area contributed by atoms with E-state index < -0.39 is 0 Å². The predicted octanol–water partition coefficient (Wildman–Crippen LogP) is 4.14. The Balaban J connectivity index is 1.70. The molecule has 1 aromatic carbocycles. The van der Waals surface area contributed by atoms with E-state index in [-0.39, 0.29) is 5.66 Å². The fraction of sp³-hybridized carbons (Fsp3) is 0.294. The molecule has 1 aliphatic rings. The first-order chi connectivity index (χ1) is 11.2. The van der Waals surface area contributed by atoms with Gasteiger partial charge in [0, 0.05) is 36.2 Å². The number of anilines is 1. The van der Waals surface area contributed by atoms with Gasteiger partial charge >= 0.3 is 0 Å². The summed E-state index contributed by atoms with van der Waals surface area (Å²) in [5.41, 5.74) is 0.962. The maximum atomic E-state index is 9.32. The number of fused-ring (bicyclic) bond motifs is 1. The van der Waals surface area contributed by atoms with Crippen molar-refractivity contribution < 1.29 is 0 Å². The molecule has 1 aliphatic heterocycles. The highest BCUT2D eigenvalue weighted by Gasteiger charge is 2.38. The molecule has 0 spiro atoms. The molecule has 2 aromatic rings. The maximum Gasteiger partial charge on any atom is 0.193 e. The molecule has 0 saturated heterocycles. The molecule has 0 bridgehead atoms. The van der Waals surface area contributed by atoms with Crippen molar-refractivity contribution in [3.63, 3.8) is 0 Å². The van der Waals surface area contributed by atoms with Crippen molar-refractivity contribution in [2.24, 2.45) is 10.2 Å². The molecule has 0 radical (unpaired) electrons. The zero-order valence-electron chi connectivity index (χ0n) is 12.4. The Hall–Kier alpha value is -2.63. The van der Waals surface area contributed by atoms with E-state index in [9.17, 15) is 5.26 Å². The summed E-state index contributed by atoms with van der Waals surface area (Å²) in [6.45, 7) is 0.661. The Morgan fingerprint density at radius 1 is 1.26 bits per heavy atom. The second kappa shape index (κ2) is 6.24. The van der Waals surface area contributed by atoms with Gasteiger partial charge in [-0.25, -0.2) is 4.98 Å². The zero-order valence-corrected chi connectivity index (χ0v) is 13.1. The molecule has 0 atom stereocenters.